The van der Waals surface area contributed by atoms with Crippen LogP contribution in [-0.2, 0) is 4.79 Å². The molecule has 0 fully saturated rings. The molecule has 1 aromatic carbocycles. The molecule has 0 aliphatic rings. The zero-order valence-corrected chi connectivity index (χ0v) is 10.1. The molecule has 0 radical (unpaired) electrons. The number of hydrogen-bond acceptors (Lipinski definition) is 3. The molecule has 0 unspecified atom stereocenters. The van der Waals surface area contributed by atoms with E-state index in [0.717, 1.165) is 5.69 Å². The predicted molar refractivity (Wildman–Crippen MR) is 68.8 cm³/mol. The summed E-state index contributed by atoms with van der Waals surface area (Å²) < 4.78 is 0. The average molecular weight is 237 g/mol. The Balaban J connectivity index is 2.34. The van der Waals surface area contributed by atoms with Crippen molar-refractivity contribution in [3.63, 3.8) is 0 Å². The van der Waals surface area contributed by atoms with E-state index in [0.29, 0.717) is 0 Å². The largest absolute Gasteiger partial charge is 0.302 e. The molecule has 1 amide bonds. The molecule has 5 heteroatoms. The van der Waals surface area contributed by atoms with E-state index >= 15 is 0 Å². The highest BCUT2D eigenvalue weighted by atomic mass is 32.1. The maximum Gasteiger partial charge on any atom is 0.228 e. The Morgan fingerprint density at radius 1 is 1.25 bits per heavy atom. The van der Waals surface area contributed by atoms with Gasteiger partial charge in [0.15, 0.2) is 5.11 Å². The van der Waals surface area contributed by atoms with Gasteiger partial charge in [-0.3, -0.25) is 15.6 Å². The van der Waals surface area contributed by atoms with Crippen molar-refractivity contribution in [2.24, 2.45) is 5.92 Å². The number of hydrazine groups is 1. The summed E-state index contributed by atoms with van der Waals surface area (Å²) in [5.41, 5.74) is 6.50. The number of para-hydroxylation sites is 1. The summed E-state index contributed by atoms with van der Waals surface area (Å²) in [5.74, 6) is -0.191. The van der Waals surface area contributed by atoms with Crippen molar-refractivity contribution in [1.82, 2.24) is 10.7 Å². The van der Waals surface area contributed by atoms with Crippen molar-refractivity contribution < 1.29 is 4.79 Å². The van der Waals surface area contributed by atoms with Crippen molar-refractivity contribution in [3.05, 3.63) is 30.3 Å². The van der Waals surface area contributed by atoms with Gasteiger partial charge in [-0.2, -0.15) is 0 Å². The van der Waals surface area contributed by atoms with Crippen LogP contribution in [0.4, 0.5) is 5.69 Å². The van der Waals surface area contributed by atoms with E-state index in [1.807, 2.05) is 44.2 Å². The van der Waals surface area contributed by atoms with Crippen LogP contribution in [0.15, 0.2) is 30.3 Å². The topological polar surface area (TPSA) is 53.2 Å². The summed E-state index contributed by atoms with van der Waals surface area (Å²) in [6.07, 6.45) is 0. The Bertz CT molecular complexity index is 365. The molecule has 0 bridgehead atoms. The summed E-state index contributed by atoms with van der Waals surface area (Å²) in [6.45, 7) is 3.62. The van der Waals surface area contributed by atoms with Crippen molar-refractivity contribution in [2.75, 3.05) is 5.43 Å². The first-order valence-corrected chi connectivity index (χ1v) is 5.42. The van der Waals surface area contributed by atoms with Crippen LogP contribution in [0.25, 0.3) is 0 Å². The molecular weight excluding hydrogens is 222 g/mol. The lowest BCUT2D eigenvalue weighted by atomic mass is 10.2. The minimum atomic E-state index is -0.104. The lowest BCUT2D eigenvalue weighted by Gasteiger charge is -2.12. The fraction of sp³-hybridized carbons (Fsp3) is 0.273. The minimum Gasteiger partial charge on any atom is -0.302 e. The van der Waals surface area contributed by atoms with Gasteiger partial charge in [0.25, 0.3) is 0 Å². The summed E-state index contributed by atoms with van der Waals surface area (Å²) in [7, 11) is 0. The first-order valence-electron chi connectivity index (χ1n) is 5.01. The number of nitrogens with one attached hydrogen (secondary N) is 3. The summed E-state index contributed by atoms with van der Waals surface area (Å²) in [5, 5.41) is 2.83. The van der Waals surface area contributed by atoms with Crippen LogP contribution in [0, 0.1) is 5.92 Å². The maximum atomic E-state index is 11.3. The highest BCUT2D eigenvalue weighted by Gasteiger charge is 2.07. The third-order valence-electron chi connectivity index (χ3n) is 1.86. The van der Waals surface area contributed by atoms with Crippen LogP contribution in [0.1, 0.15) is 13.8 Å². The molecule has 1 aromatic rings. The standard InChI is InChI=1S/C11H15N3OS/c1-8(2)10(15)12-11(16)14-13-9-6-4-3-5-7-9/h3-8,13H,1-2H3,(H2,12,14,15,16). The minimum absolute atomic E-state index is 0.0866. The molecule has 0 saturated carbocycles. The molecule has 0 aliphatic carbocycles. The third kappa shape index (κ3) is 4.27. The van der Waals surface area contributed by atoms with Crippen LogP contribution >= 0.6 is 12.2 Å². The zero-order chi connectivity index (χ0) is 12.0. The Morgan fingerprint density at radius 3 is 2.44 bits per heavy atom. The quantitative estimate of drug-likeness (QED) is 0.553. The van der Waals surface area contributed by atoms with Crippen LogP contribution < -0.4 is 16.2 Å². The molecule has 0 aromatic heterocycles. The number of thiocarbonyl (C=S) groups is 1. The number of rotatable bonds is 3. The van der Waals surface area contributed by atoms with E-state index in [9.17, 15) is 4.79 Å². The van der Waals surface area contributed by atoms with Crippen molar-refractivity contribution in [3.8, 4) is 0 Å². The molecule has 16 heavy (non-hydrogen) atoms. The van der Waals surface area contributed by atoms with E-state index in [4.69, 9.17) is 12.2 Å². The fourth-order valence-electron chi connectivity index (χ4n) is 0.938. The number of carbonyl (C=O) groups is 1. The highest BCUT2D eigenvalue weighted by molar-refractivity contribution is 7.80. The van der Waals surface area contributed by atoms with Crippen molar-refractivity contribution in [2.45, 2.75) is 13.8 Å². The molecule has 0 atom stereocenters. The summed E-state index contributed by atoms with van der Waals surface area (Å²) >= 11 is 4.94. The first-order chi connectivity index (χ1) is 7.59. The van der Waals surface area contributed by atoms with Gasteiger partial charge in [-0.1, -0.05) is 32.0 Å². The molecule has 0 spiro atoms. The second-order valence-electron chi connectivity index (χ2n) is 3.59. The van der Waals surface area contributed by atoms with Crippen LogP contribution in [0.2, 0.25) is 0 Å². The van der Waals surface area contributed by atoms with E-state index in [1.165, 1.54) is 0 Å². The third-order valence-corrected chi connectivity index (χ3v) is 2.06. The highest BCUT2D eigenvalue weighted by Crippen LogP contribution is 2.02. The molecule has 1 rings (SSSR count). The van der Waals surface area contributed by atoms with E-state index < -0.39 is 0 Å². The second kappa shape index (κ2) is 6.07. The van der Waals surface area contributed by atoms with Crippen LogP contribution in [0.5, 0.6) is 0 Å². The van der Waals surface area contributed by atoms with Crippen LogP contribution in [0.3, 0.4) is 0 Å². The molecule has 0 aliphatic heterocycles. The Morgan fingerprint density at radius 2 is 1.88 bits per heavy atom. The number of amides is 1. The number of carbonyl (C=O) groups excluding carboxylic acids is 1. The van der Waals surface area contributed by atoms with Gasteiger partial charge in [-0.15, -0.1) is 0 Å². The normalized spacial score (nSPS) is 9.69. The smallest absolute Gasteiger partial charge is 0.228 e. The molecule has 86 valence electrons. The molecule has 0 heterocycles. The lowest BCUT2D eigenvalue weighted by Crippen LogP contribution is -2.43. The molecule has 4 nitrogen and oxygen atoms in total. The Hall–Kier alpha value is -1.62. The van der Waals surface area contributed by atoms with Gasteiger partial charge in [0.2, 0.25) is 5.91 Å². The summed E-state index contributed by atoms with van der Waals surface area (Å²) in [4.78, 5) is 11.3. The monoisotopic (exact) mass is 237 g/mol. The van der Waals surface area contributed by atoms with Gasteiger partial charge in [-0.05, 0) is 24.4 Å². The number of hydrogen-bond donors (Lipinski definition) is 3. The second-order valence-corrected chi connectivity index (χ2v) is 4.00. The lowest BCUT2D eigenvalue weighted by molar-refractivity contribution is -0.122. The van der Waals surface area contributed by atoms with Crippen LogP contribution in [-0.4, -0.2) is 11.0 Å². The fourth-order valence-corrected chi connectivity index (χ4v) is 1.09. The van der Waals surface area contributed by atoms with Gasteiger partial charge >= 0.3 is 0 Å². The Labute approximate surface area is 100 Å². The van der Waals surface area contributed by atoms with Gasteiger partial charge in [0, 0.05) is 5.92 Å². The number of anilines is 1. The van der Waals surface area contributed by atoms with Crippen molar-refractivity contribution >= 4 is 28.9 Å². The van der Waals surface area contributed by atoms with Gasteiger partial charge < -0.3 is 5.32 Å². The first kappa shape index (κ1) is 12.4. The average Bonchev–Trinajstić information content (AvgIpc) is 2.27. The molecule has 0 saturated heterocycles. The maximum absolute atomic E-state index is 11.3. The zero-order valence-electron chi connectivity index (χ0n) is 9.28. The Kier molecular flexibility index (Phi) is 4.72. The van der Waals surface area contributed by atoms with Gasteiger partial charge in [0.05, 0.1) is 5.69 Å². The van der Waals surface area contributed by atoms with E-state index in [2.05, 4.69) is 16.2 Å². The van der Waals surface area contributed by atoms with Gasteiger partial charge in [-0.25, -0.2) is 0 Å². The molecular formula is C11H15N3OS. The molecule has 3 N–H and O–H groups in total. The van der Waals surface area contributed by atoms with Gasteiger partial charge in [0.1, 0.15) is 0 Å². The van der Waals surface area contributed by atoms with Crippen molar-refractivity contribution in [1.29, 1.82) is 0 Å². The van der Waals surface area contributed by atoms with E-state index in [1.54, 1.807) is 0 Å². The number of benzene rings is 1. The summed E-state index contributed by atoms with van der Waals surface area (Å²) in [6, 6.07) is 9.50. The van der Waals surface area contributed by atoms with E-state index in [-0.39, 0.29) is 16.9 Å². The predicted octanol–water partition coefficient (Wildman–Crippen LogP) is 1.66. The SMILES string of the molecule is CC(C)C(=O)NC(=S)NNc1ccccc1.